The quantitative estimate of drug-likeness (QED) is 0.499. The Kier molecular flexibility index (Phi) is 6.17. The molecular weight excluding hydrogens is 431 g/mol. The van der Waals surface area contributed by atoms with Crippen LogP contribution in [0.3, 0.4) is 0 Å². The topological polar surface area (TPSA) is 116 Å². The van der Waals surface area contributed by atoms with Crippen molar-refractivity contribution in [1.82, 2.24) is 24.2 Å². The van der Waals surface area contributed by atoms with Gasteiger partial charge in [0.15, 0.2) is 17.0 Å². The van der Waals surface area contributed by atoms with E-state index in [4.69, 9.17) is 5.73 Å². The molecule has 1 aliphatic rings. The maximum atomic E-state index is 13.9. The van der Waals surface area contributed by atoms with Gasteiger partial charge in [-0.05, 0) is 54.4 Å². The van der Waals surface area contributed by atoms with Gasteiger partial charge < -0.3 is 10.3 Å². The van der Waals surface area contributed by atoms with Crippen molar-refractivity contribution in [3.05, 3.63) is 46.3 Å². The molecule has 2 aromatic heterocycles. The number of anilines is 1. The highest BCUT2D eigenvalue weighted by atomic mass is 32.2. The number of rotatable bonds is 8. The molecule has 0 aliphatic heterocycles. The molecule has 8 nitrogen and oxygen atoms in total. The van der Waals surface area contributed by atoms with Crippen LogP contribution in [0.2, 0.25) is 0 Å². The van der Waals surface area contributed by atoms with Gasteiger partial charge in [-0.2, -0.15) is 14.4 Å². The molecule has 0 radical (unpaired) electrons. The Morgan fingerprint density at radius 2 is 1.91 bits per heavy atom. The Labute approximate surface area is 187 Å². The lowest BCUT2D eigenvalue weighted by Crippen LogP contribution is -2.31. The number of nitrogen functional groups attached to an aromatic ring is 1. The number of aromatic nitrogens is 4. The highest BCUT2D eigenvalue weighted by molar-refractivity contribution is 7.89. The zero-order valence-electron chi connectivity index (χ0n) is 18.7. The predicted octanol–water partition coefficient (Wildman–Crippen LogP) is 2.51. The molecule has 32 heavy (non-hydrogen) atoms. The summed E-state index contributed by atoms with van der Waals surface area (Å²) in [6.45, 7) is 6.38. The summed E-state index contributed by atoms with van der Waals surface area (Å²) in [4.78, 5) is 12.0. The molecule has 0 amide bonds. The highest BCUT2D eigenvalue weighted by Gasteiger charge is 2.21. The van der Waals surface area contributed by atoms with Gasteiger partial charge in [0.25, 0.3) is 0 Å². The standard InChI is InChI=1S/C22H29FN6O2S/c1-13(2)12-25-32(30,31)8-7-29-18(26-19-20(24)27-22(23)28-21(19)29)11-17-10-16-6-4-5-15(16)9-14(17)3/h9-10,13,25H,4-8,11-12H2,1-3H3,(H2,24,27,28). The van der Waals surface area contributed by atoms with E-state index in [1.165, 1.54) is 11.1 Å². The van der Waals surface area contributed by atoms with Gasteiger partial charge in [-0.3, -0.25) is 0 Å². The van der Waals surface area contributed by atoms with Gasteiger partial charge in [-0.1, -0.05) is 26.0 Å². The number of hydrogen-bond donors (Lipinski definition) is 2. The molecule has 0 unspecified atom stereocenters. The third-order valence-electron chi connectivity index (χ3n) is 5.87. The Bertz CT molecular complexity index is 1270. The predicted molar refractivity (Wildman–Crippen MR) is 122 cm³/mol. The monoisotopic (exact) mass is 460 g/mol. The molecule has 4 rings (SSSR count). The van der Waals surface area contributed by atoms with Crippen LogP contribution in [0.4, 0.5) is 10.2 Å². The first-order chi connectivity index (χ1) is 15.1. The van der Waals surface area contributed by atoms with Crippen molar-refractivity contribution in [1.29, 1.82) is 0 Å². The third kappa shape index (κ3) is 4.75. The van der Waals surface area contributed by atoms with Gasteiger partial charge in [-0.15, -0.1) is 0 Å². The van der Waals surface area contributed by atoms with E-state index in [0.717, 1.165) is 30.4 Å². The first-order valence-corrected chi connectivity index (χ1v) is 12.5. The van der Waals surface area contributed by atoms with Crippen LogP contribution >= 0.6 is 0 Å². The van der Waals surface area contributed by atoms with Crippen LogP contribution in [-0.4, -0.2) is 40.2 Å². The number of fused-ring (bicyclic) bond motifs is 2. The maximum absolute atomic E-state index is 13.9. The molecule has 1 aliphatic carbocycles. The summed E-state index contributed by atoms with van der Waals surface area (Å²) in [6.07, 6.45) is 2.82. The van der Waals surface area contributed by atoms with Crippen LogP contribution in [-0.2, 0) is 35.8 Å². The maximum Gasteiger partial charge on any atom is 0.312 e. The van der Waals surface area contributed by atoms with Crippen molar-refractivity contribution in [3.63, 3.8) is 0 Å². The average Bonchev–Trinajstić information content (AvgIpc) is 3.29. The van der Waals surface area contributed by atoms with E-state index in [-0.39, 0.29) is 35.2 Å². The molecule has 1 aromatic carbocycles. The number of nitrogens with two attached hydrogens (primary N) is 1. The SMILES string of the molecule is Cc1cc2c(cc1Cc1nc3c(N)nc(F)nc3n1CCS(=O)(=O)NCC(C)C)CCC2. The lowest BCUT2D eigenvalue weighted by atomic mass is 9.98. The van der Waals surface area contributed by atoms with E-state index in [0.29, 0.717) is 18.8 Å². The fourth-order valence-corrected chi connectivity index (χ4v) is 5.30. The van der Waals surface area contributed by atoms with E-state index in [1.807, 2.05) is 13.8 Å². The summed E-state index contributed by atoms with van der Waals surface area (Å²) in [5.41, 5.74) is 11.4. The average molecular weight is 461 g/mol. The van der Waals surface area contributed by atoms with E-state index in [9.17, 15) is 12.8 Å². The fraction of sp³-hybridized carbons (Fsp3) is 0.500. The van der Waals surface area contributed by atoms with E-state index in [2.05, 4.69) is 38.7 Å². The number of nitrogens with one attached hydrogen (secondary N) is 1. The Hall–Kier alpha value is -2.59. The highest BCUT2D eigenvalue weighted by Crippen LogP contribution is 2.28. The van der Waals surface area contributed by atoms with Crippen molar-refractivity contribution >= 4 is 27.0 Å². The van der Waals surface area contributed by atoms with Gasteiger partial charge >= 0.3 is 6.08 Å². The second-order valence-corrected chi connectivity index (χ2v) is 10.8. The summed E-state index contributed by atoms with van der Waals surface area (Å²) in [5, 5.41) is 0. The van der Waals surface area contributed by atoms with E-state index >= 15 is 0 Å². The second kappa shape index (κ2) is 8.74. The molecule has 0 bridgehead atoms. The van der Waals surface area contributed by atoms with Gasteiger partial charge in [0.05, 0.1) is 5.75 Å². The molecule has 0 saturated heterocycles. The first kappa shape index (κ1) is 22.6. The van der Waals surface area contributed by atoms with E-state index < -0.39 is 16.1 Å². The Morgan fingerprint density at radius 3 is 2.62 bits per heavy atom. The first-order valence-electron chi connectivity index (χ1n) is 10.9. The number of imidazole rings is 1. The molecule has 2 heterocycles. The fourth-order valence-electron chi connectivity index (χ4n) is 4.15. The van der Waals surface area contributed by atoms with Gasteiger partial charge in [-0.25, -0.2) is 18.1 Å². The smallest absolute Gasteiger partial charge is 0.312 e. The molecule has 0 spiro atoms. The molecular formula is C22H29FN6O2S. The lowest BCUT2D eigenvalue weighted by molar-refractivity contribution is 0.541. The zero-order valence-corrected chi connectivity index (χ0v) is 19.5. The van der Waals surface area contributed by atoms with Gasteiger partial charge in [0.2, 0.25) is 10.0 Å². The van der Waals surface area contributed by atoms with Gasteiger partial charge in [0, 0.05) is 19.5 Å². The minimum atomic E-state index is -3.51. The van der Waals surface area contributed by atoms with Crippen LogP contribution in [0.5, 0.6) is 0 Å². The number of aryl methyl sites for hydroxylation is 4. The Balaban J connectivity index is 1.70. The largest absolute Gasteiger partial charge is 0.382 e. The van der Waals surface area contributed by atoms with Gasteiger partial charge in [0.1, 0.15) is 5.82 Å². The lowest BCUT2D eigenvalue weighted by Gasteiger charge is -2.13. The van der Waals surface area contributed by atoms with Crippen LogP contribution < -0.4 is 10.5 Å². The molecule has 0 saturated carbocycles. The second-order valence-electron chi connectivity index (χ2n) is 8.87. The summed E-state index contributed by atoms with van der Waals surface area (Å²) in [5.74, 6) is 0.553. The zero-order chi connectivity index (χ0) is 23.0. The van der Waals surface area contributed by atoms with Crippen molar-refractivity contribution in [2.24, 2.45) is 5.92 Å². The molecule has 10 heteroatoms. The van der Waals surface area contributed by atoms with Crippen molar-refractivity contribution in [3.8, 4) is 0 Å². The van der Waals surface area contributed by atoms with Crippen LogP contribution in [0.1, 0.15) is 48.3 Å². The van der Waals surface area contributed by atoms with Crippen molar-refractivity contribution in [2.45, 2.75) is 53.0 Å². The summed E-state index contributed by atoms with van der Waals surface area (Å²) < 4.78 is 43.1. The third-order valence-corrected chi connectivity index (χ3v) is 7.19. The number of hydrogen-bond acceptors (Lipinski definition) is 6. The normalized spacial score (nSPS) is 13.9. The number of nitrogens with zero attached hydrogens (tertiary/aromatic N) is 4. The minimum Gasteiger partial charge on any atom is -0.382 e. The molecule has 0 fully saturated rings. The number of halogens is 1. The summed E-state index contributed by atoms with van der Waals surface area (Å²) in [7, 11) is -3.51. The van der Waals surface area contributed by atoms with Crippen LogP contribution in [0.25, 0.3) is 11.2 Å². The number of sulfonamides is 1. The molecule has 3 N–H and O–H groups in total. The van der Waals surface area contributed by atoms with Crippen molar-refractivity contribution in [2.75, 3.05) is 18.0 Å². The molecule has 0 atom stereocenters. The summed E-state index contributed by atoms with van der Waals surface area (Å²) in [6, 6.07) is 4.43. The van der Waals surface area contributed by atoms with E-state index in [1.54, 1.807) is 4.57 Å². The van der Waals surface area contributed by atoms with Crippen molar-refractivity contribution < 1.29 is 12.8 Å². The minimum absolute atomic E-state index is 0.0565. The Morgan fingerprint density at radius 1 is 1.19 bits per heavy atom. The molecule has 3 aromatic rings. The molecule has 172 valence electrons. The number of benzene rings is 1. The van der Waals surface area contributed by atoms with Crippen LogP contribution in [0.15, 0.2) is 12.1 Å². The van der Waals surface area contributed by atoms with Crippen LogP contribution in [0, 0.1) is 18.9 Å². The summed E-state index contributed by atoms with van der Waals surface area (Å²) >= 11 is 0.